The van der Waals surface area contributed by atoms with Gasteiger partial charge in [0, 0.05) is 44.1 Å². The highest BCUT2D eigenvalue weighted by Crippen LogP contribution is 2.15. The zero-order valence-electron chi connectivity index (χ0n) is 13.7. The largest absolute Gasteiger partial charge is 0.497 e. The molecular weight excluding hydrogens is 306 g/mol. The number of amides is 2. The zero-order valence-corrected chi connectivity index (χ0v) is 13.7. The molecule has 1 aliphatic heterocycles. The average Bonchev–Trinajstić information content (AvgIpc) is 3.05. The molecule has 1 aromatic carbocycles. The molecule has 2 aromatic rings. The van der Waals surface area contributed by atoms with Crippen molar-refractivity contribution in [1.82, 2.24) is 14.8 Å². The van der Waals surface area contributed by atoms with Crippen molar-refractivity contribution < 1.29 is 14.3 Å². The van der Waals surface area contributed by atoms with Crippen LogP contribution in [-0.4, -0.2) is 59.9 Å². The fraction of sp³-hybridized carbons (Fsp3) is 0.333. The summed E-state index contributed by atoms with van der Waals surface area (Å²) in [6, 6.07) is 8.89. The fourth-order valence-corrected chi connectivity index (χ4v) is 2.88. The lowest BCUT2D eigenvalue weighted by Gasteiger charge is -2.22. The Morgan fingerprint density at radius 1 is 0.917 bits per heavy atom. The second kappa shape index (κ2) is 7.21. The minimum Gasteiger partial charge on any atom is -0.497 e. The van der Waals surface area contributed by atoms with Crippen LogP contribution in [-0.2, 0) is 0 Å². The molecule has 1 saturated heterocycles. The fourth-order valence-electron chi connectivity index (χ4n) is 2.88. The van der Waals surface area contributed by atoms with Crippen LogP contribution in [0, 0.1) is 0 Å². The summed E-state index contributed by atoms with van der Waals surface area (Å²) in [6.45, 7) is 2.41. The van der Waals surface area contributed by atoms with E-state index in [0.29, 0.717) is 37.3 Å². The van der Waals surface area contributed by atoms with Crippen LogP contribution in [0.4, 0.5) is 0 Å². The van der Waals surface area contributed by atoms with E-state index in [-0.39, 0.29) is 11.8 Å². The summed E-state index contributed by atoms with van der Waals surface area (Å²) < 4.78 is 5.12. The molecule has 6 nitrogen and oxygen atoms in total. The van der Waals surface area contributed by atoms with E-state index in [2.05, 4.69) is 4.98 Å². The molecule has 1 aliphatic rings. The zero-order chi connectivity index (χ0) is 16.9. The number of aromatic amines is 1. The van der Waals surface area contributed by atoms with E-state index in [1.54, 1.807) is 49.8 Å². The Hall–Kier alpha value is -2.76. The van der Waals surface area contributed by atoms with Gasteiger partial charge in [-0.25, -0.2) is 0 Å². The molecule has 0 unspecified atom stereocenters. The molecule has 0 bridgehead atoms. The van der Waals surface area contributed by atoms with Crippen LogP contribution in [0.15, 0.2) is 42.7 Å². The lowest BCUT2D eigenvalue weighted by Crippen LogP contribution is -2.37. The number of methoxy groups -OCH3 is 1. The molecular formula is C18H21N3O3. The number of rotatable bonds is 3. The Morgan fingerprint density at radius 2 is 1.54 bits per heavy atom. The number of carbonyl (C=O) groups excluding carboxylic acids is 2. The van der Waals surface area contributed by atoms with E-state index in [9.17, 15) is 9.59 Å². The molecule has 0 atom stereocenters. The van der Waals surface area contributed by atoms with Crippen LogP contribution in [0.25, 0.3) is 0 Å². The molecule has 0 radical (unpaired) electrons. The van der Waals surface area contributed by atoms with Gasteiger partial charge in [-0.2, -0.15) is 0 Å². The summed E-state index contributed by atoms with van der Waals surface area (Å²) in [4.78, 5) is 31.6. The van der Waals surface area contributed by atoms with Crippen LogP contribution >= 0.6 is 0 Å². The second-order valence-corrected chi connectivity index (χ2v) is 5.77. The molecule has 0 spiro atoms. The Kier molecular flexibility index (Phi) is 4.84. The van der Waals surface area contributed by atoms with Gasteiger partial charge < -0.3 is 19.5 Å². The lowest BCUT2D eigenvalue weighted by atomic mass is 10.2. The molecule has 2 amide bonds. The molecule has 2 heterocycles. The van der Waals surface area contributed by atoms with Crippen molar-refractivity contribution in [3.05, 3.63) is 53.9 Å². The summed E-state index contributed by atoms with van der Waals surface area (Å²) in [5.41, 5.74) is 1.30. The third kappa shape index (κ3) is 3.42. The number of hydrogen-bond acceptors (Lipinski definition) is 3. The van der Waals surface area contributed by atoms with Crippen LogP contribution in [0.2, 0.25) is 0 Å². The summed E-state index contributed by atoms with van der Waals surface area (Å²) in [7, 11) is 1.60. The first-order valence-corrected chi connectivity index (χ1v) is 8.04. The number of nitrogens with zero attached hydrogens (tertiary/aromatic N) is 2. The third-order valence-electron chi connectivity index (χ3n) is 4.25. The first kappa shape index (κ1) is 16.1. The normalized spacial score (nSPS) is 15.0. The molecule has 126 valence electrons. The highest BCUT2D eigenvalue weighted by Gasteiger charge is 2.23. The van der Waals surface area contributed by atoms with Crippen molar-refractivity contribution in [2.45, 2.75) is 6.42 Å². The van der Waals surface area contributed by atoms with Gasteiger partial charge in [0.25, 0.3) is 11.8 Å². The highest BCUT2D eigenvalue weighted by molar-refractivity contribution is 5.95. The maximum Gasteiger partial charge on any atom is 0.255 e. The van der Waals surface area contributed by atoms with Gasteiger partial charge in [0.2, 0.25) is 0 Å². The predicted molar refractivity (Wildman–Crippen MR) is 90.2 cm³/mol. The van der Waals surface area contributed by atoms with Crippen LogP contribution in [0.3, 0.4) is 0 Å². The quantitative estimate of drug-likeness (QED) is 0.938. The standard InChI is InChI=1S/C18H21N3O3/c1-24-16-5-3-14(4-6-16)17(22)20-9-2-10-21(12-11-20)18(23)15-7-8-19-13-15/h3-8,13,19H,2,9-12H2,1H3. The molecule has 3 rings (SSSR count). The second-order valence-electron chi connectivity index (χ2n) is 5.77. The van der Waals surface area contributed by atoms with Gasteiger partial charge in [-0.05, 0) is 36.8 Å². The number of ether oxygens (including phenoxy) is 1. The number of H-pyrrole nitrogens is 1. The van der Waals surface area contributed by atoms with Gasteiger partial charge in [0.1, 0.15) is 5.75 Å². The van der Waals surface area contributed by atoms with Crippen molar-refractivity contribution in [3.63, 3.8) is 0 Å². The number of carbonyl (C=O) groups is 2. The van der Waals surface area contributed by atoms with Crippen molar-refractivity contribution >= 4 is 11.8 Å². The molecule has 0 aliphatic carbocycles. The minimum atomic E-state index is -0.00593. The van der Waals surface area contributed by atoms with E-state index in [4.69, 9.17) is 4.74 Å². The summed E-state index contributed by atoms with van der Waals surface area (Å²) in [5.74, 6) is 0.731. The van der Waals surface area contributed by atoms with Crippen molar-refractivity contribution in [2.75, 3.05) is 33.3 Å². The number of benzene rings is 1. The Morgan fingerprint density at radius 3 is 2.08 bits per heavy atom. The average molecular weight is 327 g/mol. The van der Waals surface area contributed by atoms with E-state index in [0.717, 1.165) is 12.2 Å². The van der Waals surface area contributed by atoms with Crippen molar-refractivity contribution in [2.24, 2.45) is 0 Å². The first-order valence-electron chi connectivity index (χ1n) is 8.04. The van der Waals surface area contributed by atoms with Gasteiger partial charge in [-0.15, -0.1) is 0 Å². The first-order chi connectivity index (χ1) is 11.7. The lowest BCUT2D eigenvalue weighted by molar-refractivity contribution is 0.0719. The molecule has 24 heavy (non-hydrogen) atoms. The van der Waals surface area contributed by atoms with Crippen LogP contribution in [0.5, 0.6) is 5.75 Å². The Balaban J connectivity index is 1.64. The molecule has 1 aromatic heterocycles. The van der Waals surface area contributed by atoms with Gasteiger partial charge in [0.05, 0.1) is 12.7 Å². The SMILES string of the molecule is COc1ccc(C(=O)N2CCCN(C(=O)c3cc[nH]c3)CC2)cc1. The van der Waals surface area contributed by atoms with E-state index in [1.165, 1.54) is 0 Å². The van der Waals surface area contributed by atoms with E-state index >= 15 is 0 Å². The van der Waals surface area contributed by atoms with Crippen LogP contribution < -0.4 is 4.74 Å². The molecule has 0 saturated carbocycles. The summed E-state index contributed by atoms with van der Waals surface area (Å²) in [6.07, 6.45) is 4.22. The van der Waals surface area contributed by atoms with Crippen molar-refractivity contribution in [1.29, 1.82) is 0 Å². The smallest absolute Gasteiger partial charge is 0.255 e. The van der Waals surface area contributed by atoms with E-state index < -0.39 is 0 Å². The van der Waals surface area contributed by atoms with Gasteiger partial charge >= 0.3 is 0 Å². The van der Waals surface area contributed by atoms with E-state index in [1.807, 2.05) is 9.80 Å². The number of aromatic nitrogens is 1. The Bertz CT molecular complexity index is 695. The Labute approximate surface area is 141 Å². The third-order valence-corrected chi connectivity index (χ3v) is 4.25. The topological polar surface area (TPSA) is 65.6 Å². The molecule has 1 N–H and O–H groups in total. The van der Waals surface area contributed by atoms with Gasteiger partial charge in [-0.3, -0.25) is 9.59 Å². The highest BCUT2D eigenvalue weighted by atomic mass is 16.5. The van der Waals surface area contributed by atoms with Crippen LogP contribution in [0.1, 0.15) is 27.1 Å². The van der Waals surface area contributed by atoms with Gasteiger partial charge in [0.15, 0.2) is 0 Å². The summed E-state index contributed by atoms with van der Waals surface area (Å²) >= 11 is 0. The number of nitrogens with one attached hydrogen (secondary N) is 1. The predicted octanol–water partition coefficient (Wildman–Crippen LogP) is 2.01. The maximum absolute atomic E-state index is 12.6. The molecule has 1 fully saturated rings. The van der Waals surface area contributed by atoms with Crippen molar-refractivity contribution in [3.8, 4) is 5.75 Å². The monoisotopic (exact) mass is 327 g/mol. The maximum atomic E-state index is 12.6. The van der Waals surface area contributed by atoms with Gasteiger partial charge in [-0.1, -0.05) is 0 Å². The number of hydrogen-bond donors (Lipinski definition) is 1. The minimum absolute atomic E-state index is 0.00593. The molecule has 6 heteroatoms. The summed E-state index contributed by atoms with van der Waals surface area (Å²) in [5, 5.41) is 0.